The van der Waals surface area contributed by atoms with Crippen LogP contribution in [0.1, 0.15) is 35.2 Å². The molecule has 3 aliphatic rings. The molecule has 0 saturated carbocycles. The van der Waals surface area contributed by atoms with Crippen molar-refractivity contribution in [2.75, 3.05) is 38.5 Å². The van der Waals surface area contributed by atoms with Gasteiger partial charge in [-0.25, -0.2) is 0 Å². The number of ether oxygens (including phenoxy) is 1. The van der Waals surface area contributed by atoms with Crippen molar-refractivity contribution < 1.29 is 14.3 Å². The summed E-state index contributed by atoms with van der Waals surface area (Å²) in [5, 5.41) is 0. The molecule has 0 radical (unpaired) electrons. The third kappa shape index (κ3) is 3.55. The molecule has 0 bridgehead atoms. The Kier molecular flexibility index (Phi) is 4.99. The molecule has 5 nitrogen and oxygen atoms in total. The van der Waals surface area contributed by atoms with Crippen LogP contribution in [0.4, 0.5) is 0 Å². The number of carbonyl (C=O) groups excluding carboxylic acids is 2. The molecule has 25 heavy (non-hydrogen) atoms. The fourth-order valence-electron chi connectivity index (χ4n) is 3.78. The number of fused-ring (bicyclic) bond motifs is 1. The number of amides is 2. The van der Waals surface area contributed by atoms with Crippen LogP contribution in [0, 0.1) is 0 Å². The summed E-state index contributed by atoms with van der Waals surface area (Å²) in [4.78, 5) is 30.2. The maximum Gasteiger partial charge on any atom is 0.253 e. The normalized spacial score (nSPS) is 23.4. The fraction of sp³-hybridized carbons (Fsp3) is 0.579. The van der Waals surface area contributed by atoms with Crippen LogP contribution in [0.2, 0.25) is 0 Å². The van der Waals surface area contributed by atoms with Crippen LogP contribution >= 0.6 is 11.8 Å². The predicted molar refractivity (Wildman–Crippen MR) is 96.9 cm³/mol. The largest absolute Gasteiger partial charge is 0.368 e. The van der Waals surface area contributed by atoms with Crippen LogP contribution in [0.15, 0.2) is 23.1 Å². The number of carbonyl (C=O) groups is 2. The summed E-state index contributed by atoms with van der Waals surface area (Å²) < 4.78 is 5.49. The van der Waals surface area contributed by atoms with E-state index < -0.39 is 0 Å². The van der Waals surface area contributed by atoms with Crippen molar-refractivity contribution in [3.05, 3.63) is 29.3 Å². The van der Waals surface area contributed by atoms with Gasteiger partial charge in [-0.1, -0.05) is 0 Å². The van der Waals surface area contributed by atoms with Gasteiger partial charge in [0.15, 0.2) is 0 Å². The Hall–Kier alpha value is -1.53. The molecule has 3 aliphatic heterocycles. The smallest absolute Gasteiger partial charge is 0.253 e. The van der Waals surface area contributed by atoms with Gasteiger partial charge in [-0.05, 0) is 55.2 Å². The van der Waals surface area contributed by atoms with E-state index in [-0.39, 0.29) is 17.9 Å². The van der Waals surface area contributed by atoms with Crippen LogP contribution in [-0.2, 0) is 16.0 Å². The molecule has 1 aromatic rings. The first-order valence-electron chi connectivity index (χ1n) is 9.18. The maximum absolute atomic E-state index is 12.8. The van der Waals surface area contributed by atoms with Crippen molar-refractivity contribution in [3.63, 3.8) is 0 Å². The molecule has 0 spiro atoms. The lowest BCUT2D eigenvalue weighted by Gasteiger charge is -2.36. The maximum atomic E-state index is 12.8. The first-order chi connectivity index (χ1) is 12.2. The highest BCUT2D eigenvalue weighted by Crippen LogP contribution is 2.30. The average molecular weight is 360 g/mol. The summed E-state index contributed by atoms with van der Waals surface area (Å²) in [6, 6.07) is 6.10. The SMILES string of the molecule is O=C(c1ccc2c(c1)CCCS2)N1CCN(C(=O)C2CCCO2)CC1. The van der Waals surface area contributed by atoms with Crippen molar-refractivity contribution in [1.82, 2.24) is 9.80 Å². The van der Waals surface area contributed by atoms with Gasteiger partial charge in [0.05, 0.1) is 0 Å². The van der Waals surface area contributed by atoms with E-state index in [9.17, 15) is 9.59 Å². The number of benzene rings is 1. The molecule has 2 saturated heterocycles. The Morgan fingerprint density at radius 3 is 2.64 bits per heavy atom. The second-order valence-corrected chi connectivity index (χ2v) is 8.03. The Bertz CT molecular complexity index is 665. The van der Waals surface area contributed by atoms with Crippen molar-refractivity contribution in [3.8, 4) is 0 Å². The lowest BCUT2D eigenvalue weighted by Crippen LogP contribution is -2.52. The highest BCUT2D eigenvalue weighted by Gasteiger charge is 2.31. The molecule has 1 unspecified atom stereocenters. The highest BCUT2D eigenvalue weighted by molar-refractivity contribution is 7.99. The van der Waals surface area contributed by atoms with E-state index in [0.29, 0.717) is 32.8 Å². The van der Waals surface area contributed by atoms with Gasteiger partial charge in [0, 0.05) is 43.2 Å². The summed E-state index contributed by atoms with van der Waals surface area (Å²) in [5.41, 5.74) is 2.08. The number of hydrogen-bond acceptors (Lipinski definition) is 4. The van der Waals surface area contributed by atoms with E-state index >= 15 is 0 Å². The quantitative estimate of drug-likeness (QED) is 0.811. The highest BCUT2D eigenvalue weighted by atomic mass is 32.2. The summed E-state index contributed by atoms with van der Waals surface area (Å²) >= 11 is 1.88. The van der Waals surface area contributed by atoms with E-state index in [4.69, 9.17) is 4.74 Å². The van der Waals surface area contributed by atoms with Gasteiger partial charge in [0.25, 0.3) is 11.8 Å². The molecule has 1 atom stereocenters. The van der Waals surface area contributed by atoms with E-state index in [0.717, 1.165) is 24.8 Å². The van der Waals surface area contributed by atoms with Crippen LogP contribution in [0.3, 0.4) is 0 Å². The third-order valence-electron chi connectivity index (χ3n) is 5.24. The predicted octanol–water partition coefficient (Wildman–Crippen LogP) is 2.19. The van der Waals surface area contributed by atoms with Gasteiger partial charge >= 0.3 is 0 Å². The van der Waals surface area contributed by atoms with E-state index in [1.165, 1.54) is 22.6 Å². The standard InChI is InChI=1S/C19H24N2O3S/c22-18(15-5-6-17-14(13-15)3-2-12-25-17)20-7-9-21(10-8-20)19(23)16-4-1-11-24-16/h5-6,13,16H,1-4,7-12H2. The Labute approximate surface area is 152 Å². The number of rotatable bonds is 2. The molecule has 1 aromatic carbocycles. The second-order valence-electron chi connectivity index (χ2n) is 6.89. The van der Waals surface area contributed by atoms with Gasteiger partial charge in [-0.15, -0.1) is 11.8 Å². The van der Waals surface area contributed by atoms with Crippen LogP contribution < -0.4 is 0 Å². The summed E-state index contributed by atoms with van der Waals surface area (Å²) in [6.07, 6.45) is 3.77. The monoisotopic (exact) mass is 360 g/mol. The van der Waals surface area contributed by atoms with Crippen LogP contribution in [0.5, 0.6) is 0 Å². The molecule has 2 amide bonds. The Morgan fingerprint density at radius 2 is 1.88 bits per heavy atom. The average Bonchev–Trinajstić information content (AvgIpc) is 3.21. The van der Waals surface area contributed by atoms with Crippen molar-refractivity contribution in [2.45, 2.75) is 36.7 Å². The molecule has 2 fully saturated rings. The third-order valence-corrected chi connectivity index (χ3v) is 6.44. The Morgan fingerprint density at radius 1 is 1.08 bits per heavy atom. The number of hydrogen-bond donors (Lipinski definition) is 0. The van der Waals surface area contributed by atoms with E-state index in [1.807, 2.05) is 27.6 Å². The number of aryl methyl sites for hydroxylation is 1. The fourth-order valence-corrected chi connectivity index (χ4v) is 4.80. The van der Waals surface area contributed by atoms with E-state index in [1.54, 1.807) is 0 Å². The molecule has 0 aliphatic carbocycles. The van der Waals surface area contributed by atoms with Gasteiger partial charge < -0.3 is 14.5 Å². The molecule has 134 valence electrons. The first kappa shape index (κ1) is 16.9. The van der Waals surface area contributed by atoms with Gasteiger partial charge in [0.2, 0.25) is 0 Å². The second kappa shape index (κ2) is 7.38. The van der Waals surface area contributed by atoms with Crippen LogP contribution in [-0.4, -0.2) is 66.3 Å². The number of thioether (sulfide) groups is 1. The molecule has 6 heteroatoms. The van der Waals surface area contributed by atoms with Gasteiger partial charge in [0.1, 0.15) is 6.10 Å². The van der Waals surface area contributed by atoms with Crippen molar-refractivity contribution in [1.29, 1.82) is 0 Å². The van der Waals surface area contributed by atoms with Crippen molar-refractivity contribution in [2.24, 2.45) is 0 Å². The Balaban J connectivity index is 1.37. The lowest BCUT2D eigenvalue weighted by molar-refractivity contribution is -0.142. The molecule has 3 heterocycles. The minimum atomic E-state index is -0.264. The minimum absolute atomic E-state index is 0.0857. The number of piperazine rings is 1. The lowest BCUT2D eigenvalue weighted by atomic mass is 10.0. The molecule has 4 rings (SSSR count). The summed E-state index contributed by atoms with van der Waals surface area (Å²) in [5.74, 6) is 1.35. The zero-order valence-electron chi connectivity index (χ0n) is 14.4. The minimum Gasteiger partial charge on any atom is -0.368 e. The first-order valence-corrected chi connectivity index (χ1v) is 10.2. The van der Waals surface area contributed by atoms with Crippen LogP contribution in [0.25, 0.3) is 0 Å². The van der Waals surface area contributed by atoms with Gasteiger partial charge in [-0.3, -0.25) is 9.59 Å². The molecular weight excluding hydrogens is 336 g/mol. The number of nitrogens with zero attached hydrogens (tertiary/aromatic N) is 2. The molecule has 0 N–H and O–H groups in total. The summed E-state index contributed by atoms with van der Waals surface area (Å²) in [6.45, 7) is 3.09. The van der Waals surface area contributed by atoms with Crippen molar-refractivity contribution >= 4 is 23.6 Å². The topological polar surface area (TPSA) is 49.9 Å². The summed E-state index contributed by atoms with van der Waals surface area (Å²) in [7, 11) is 0. The zero-order valence-corrected chi connectivity index (χ0v) is 15.2. The molecule has 0 aromatic heterocycles. The zero-order chi connectivity index (χ0) is 17.2. The van der Waals surface area contributed by atoms with Gasteiger partial charge in [-0.2, -0.15) is 0 Å². The molecular formula is C19H24N2O3S. The van der Waals surface area contributed by atoms with E-state index in [2.05, 4.69) is 12.1 Å².